The normalized spacial score (nSPS) is 17.5. The van der Waals surface area contributed by atoms with E-state index < -0.39 is 0 Å². The summed E-state index contributed by atoms with van der Waals surface area (Å²) in [5.41, 5.74) is 8.16. The number of nitrogens with one attached hydrogen (secondary N) is 2. The van der Waals surface area contributed by atoms with Gasteiger partial charge in [0.2, 0.25) is 5.91 Å². The maximum absolute atomic E-state index is 12.4. The molecule has 0 radical (unpaired) electrons. The molecule has 1 aliphatic carbocycles. The second-order valence-corrected chi connectivity index (χ2v) is 8.47. The van der Waals surface area contributed by atoms with E-state index in [0.29, 0.717) is 13.1 Å². The van der Waals surface area contributed by atoms with Gasteiger partial charge >= 0.3 is 6.09 Å². The number of fused-ring (bicyclic) bond motifs is 3. The van der Waals surface area contributed by atoms with Gasteiger partial charge < -0.3 is 10.1 Å². The summed E-state index contributed by atoms with van der Waals surface area (Å²) in [7, 11) is 1.94. The molecule has 32 heavy (non-hydrogen) atoms. The average molecular weight is 435 g/mol. The Hall–Kier alpha value is -3.62. The summed E-state index contributed by atoms with van der Waals surface area (Å²) in [6, 6.07) is 8.11. The zero-order valence-electron chi connectivity index (χ0n) is 18.4. The molecule has 1 atom stereocenters. The van der Waals surface area contributed by atoms with Crippen LogP contribution in [0.3, 0.4) is 0 Å². The molecule has 3 heterocycles. The summed E-state index contributed by atoms with van der Waals surface area (Å²) in [5, 5.41) is 15.2. The van der Waals surface area contributed by atoms with Crippen LogP contribution in [0.4, 0.5) is 10.5 Å². The number of anilines is 1. The number of cyclic esters (lactones) is 1. The van der Waals surface area contributed by atoms with Gasteiger partial charge in [0, 0.05) is 36.5 Å². The lowest BCUT2D eigenvalue weighted by atomic mass is 10.0. The fraction of sp³-hybridized carbons (Fsp3) is 0.391. The number of rotatable bonds is 4. The Kier molecular flexibility index (Phi) is 4.96. The molecular formula is C23H26N6O3. The van der Waals surface area contributed by atoms with Crippen molar-refractivity contribution in [1.29, 1.82) is 0 Å². The van der Waals surface area contributed by atoms with Crippen LogP contribution >= 0.6 is 0 Å². The molecule has 9 heteroatoms. The first-order valence-corrected chi connectivity index (χ1v) is 10.8. The van der Waals surface area contributed by atoms with Crippen molar-refractivity contribution >= 4 is 17.7 Å². The van der Waals surface area contributed by atoms with E-state index in [1.807, 2.05) is 30.8 Å². The van der Waals surface area contributed by atoms with Crippen molar-refractivity contribution in [3.05, 3.63) is 41.1 Å². The number of hydrogen-bond donors (Lipinski definition) is 2. The third-order valence-electron chi connectivity index (χ3n) is 6.22. The molecule has 1 fully saturated rings. The van der Waals surface area contributed by atoms with Crippen LogP contribution in [0.5, 0.6) is 0 Å². The Balaban J connectivity index is 1.44. The first-order chi connectivity index (χ1) is 15.4. The van der Waals surface area contributed by atoms with Gasteiger partial charge in [-0.1, -0.05) is 6.07 Å². The van der Waals surface area contributed by atoms with Crippen molar-refractivity contribution in [3.8, 4) is 22.6 Å². The molecule has 9 nitrogen and oxygen atoms in total. The molecule has 2 aromatic heterocycles. The number of H-pyrrole nitrogens is 1. The highest BCUT2D eigenvalue weighted by Crippen LogP contribution is 2.38. The fourth-order valence-electron chi connectivity index (χ4n) is 4.46. The quantitative estimate of drug-likeness (QED) is 0.657. The number of aryl methyl sites for hydroxylation is 3. The molecule has 0 bridgehead atoms. The van der Waals surface area contributed by atoms with Crippen molar-refractivity contribution in [2.24, 2.45) is 7.05 Å². The second-order valence-electron chi connectivity index (χ2n) is 8.47. The molecule has 166 valence electrons. The summed E-state index contributed by atoms with van der Waals surface area (Å²) in [5.74, 6) is -0.139. The van der Waals surface area contributed by atoms with Crippen LogP contribution in [0, 0.1) is 6.92 Å². The first kappa shape index (κ1) is 20.3. The third-order valence-corrected chi connectivity index (χ3v) is 6.22. The lowest BCUT2D eigenvalue weighted by Crippen LogP contribution is -2.33. The number of benzene rings is 1. The number of amides is 2. The molecule has 0 unspecified atom stereocenters. The zero-order chi connectivity index (χ0) is 22.4. The van der Waals surface area contributed by atoms with Gasteiger partial charge in [0.15, 0.2) is 0 Å². The largest absolute Gasteiger partial charge is 0.442 e. The number of hydrogen-bond acceptors (Lipinski definition) is 5. The molecule has 5 rings (SSSR count). The third kappa shape index (κ3) is 3.53. The van der Waals surface area contributed by atoms with E-state index in [2.05, 4.69) is 32.7 Å². The van der Waals surface area contributed by atoms with E-state index in [1.54, 1.807) is 4.90 Å². The van der Waals surface area contributed by atoms with Crippen LogP contribution in [0.25, 0.3) is 22.6 Å². The van der Waals surface area contributed by atoms with E-state index in [1.165, 1.54) is 12.5 Å². The average Bonchev–Trinajstić information content (AvgIpc) is 3.40. The maximum Gasteiger partial charge on any atom is 0.414 e. The highest BCUT2D eigenvalue weighted by atomic mass is 16.6. The van der Waals surface area contributed by atoms with Gasteiger partial charge in [0.25, 0.3) is 0 Å². The second kappa shape index (κ2) is 7.81. The molecule has 1 saturated heterocycles. The lowest BCUT2D eigenvalue weighted by Gasteiger charge is -2.16. The minimum Gasteiger partial charge on any atom is -0.442 e. The molecule has 1 aliphatic heterocycles. The molecule has 3 aromatic rings. The zero-order valence-corrected chi connectivity index (χ0v) is 18.4. The van der Waals surface area contributed by atoms with Crippen molar-refractivity contribution in [2.45, 2.75) is 39.2 Å². The Morgan fingerprint density at radius 1 is 1.31 bits per heavy atom. The summed E-state index contributed by atoms with van der Waals surface area (Å²) in [4.78, 5) is 25.2. The van der Waals surface area contributed by atoms with Gasteiger partial charge in [-0.05, 0) is 49.9 Å². The molecule has 2 amide bonds. The molecule has 2 aliphatic rings. The van der Waals surface area contributed by atoms with Crippen LogP contribution in [0.15, 0.2) is 24.3 Å². The van der Waals surface area contributed by atoms with Crippen LogP contribution in [0.2, 0.25) is 0 Å². The predicted octanol–water partition coefficient (Wildman–Crippen LogP) is 2.74. The van der Waals surface area contributed by atoms with Gasteiger partial charge in [0.05, 0.1) is 24.5 Å². The van der Waals surface area contributed by atoms with Gasteiger partial charge in [-0.2, -0.15) is 10.2 Å². The van der Waals surface area contributed by atoms with E-state index in [-0.39, 0.29) is 18.1 Å². The number of aromatic nitrogens is 4. The monoisotopic (exact) mass is 434 g/mol. The lowest BCUT2D eigenvalue weighted by molar-refractivity contribution is -0.119. The Morgan fingerprint density at radius 2 is 2.16 bits per heavy atom. The summed E-state index contributed by atoms with van der Waals surface area (Å²) in [6.07, 6.45) is 2.05. The number of nitrogens with zero attached hydrogens (tertiary/aromatic N) is 4. The minimum atomic E-state index is -0.387. The van der Waals surface area contributed by atoms with Gasteiger partial charge in [0.1, 0.15) is 11.8 Å². The van der Waals surface area contributed by atoms with Gasteiger partial charge in [-0.15, -0.1) is 0 Å². The number of aromatic amines is 1. The van der Waals surface area contributed by atoms with Crippen LogP contribution < -0.4 is 10.2 Å². The van der Waals surface area contributed by atoms with Crippen molar-refractivity contribution in [2.75, 3.05) is 18.0 Å². The summed E-state index contributed by atoms with van der Waals surface area (Å²) < 4.78 is 7.28. The highest BCUT2D eigenvalue weighted by molar-refractivity contribution is 5.91. The SMILES string of the molecule is CC(=O)NC[C@H]1CN(c2ccc3c(c2)CCCc2c-3n[nH]c2-c2cc(C)n(C)n2)C(=O)O1. The van der Waals surface area contributed by atoms with E-state index >= 15 is 0 Å². The Morgan fingerprint density at radius 3 is 2.91 bits per heavy atom. The topological polar surface area (TPSA) is 105 Å². The van der Waals surface area contributed by atoms with E-state index in [9.17, 15) is 9.59 Å². The molecular weight excluding hydrogens is 408 g/mol. The molecule has 1 aromatic carbocycles. The van der Waals surface area contributed by atoms with Crippen molar-refractivity contribution in [3.63, 3.8) is 0 Å². The number of carbonyl (C=O) groups is 2. The highest BCUT2D eigenvalue weighted by Gasteiger charge is 2.33. The first-order valence-electron chi connectivity index (χ1n) is 10.8. The standard InChI is InChI=1S/C23H26N6O3/c1-13-9-20(27-28(13)3)22-19-6-4-5-15-10-16(7-8-18(15)21(19)25-26-22)29-12-17(32-23(29)31)11-24-14(2)30/h7-10,17H,4-6,11-12H2,1-3H3,(H,24,30)(H,25,26)/t17-/m0/s1. The Bertz CT molecular complexity index is 1190. The minimum absolute atomic E-state index is 0.139. The number of carbonyl (C=O) groups excluding carboxylic acids is 2. The smallest absolute Gasteiger partial charge is 0.414 e. The molecule has 0 saturated carbocycles. The van der Waals surface area contributed by atoms with Gasteiger partial charge in [-0.25, -0.2) is 4.79 Å². The van der Waals surface area contributed by atoms with E-state index in [0.717, 1.165) is 58.9 Å². The molecule has 2 N–H and O–H groups in total. The van der Waals surface area contributed by atoms with Crippen molar-refractivity contribution < 1.29 is 14.3 Å². The molecule has 0 spiro atoms. The summed E-state index contributed by atoms with van der Waals surface area (Å²) >= 11 is 0. The van der Waals surface area contributed by atoms with Crippen LogP contribution in [-0.4, -0.2) is 51.2 Å². The van der Waals surface area contributed by atoms with Crippen LogP contribution in [0.1, 0.15) is 30.2 Å². The maximum atomic E-state index is 12.4. The Labute approximate surface area is 185 Å². The van der Waals surface area contributed by atoms with Gasteiger partial charge in [-0.3, -0.25) is 19.5 Å². The van der Waals surface area contributed by atoms with Crippen molar-refractivity contribution in [1.82, 2.24) is 25.3 Å². The fourth-order valence-corrected chi connectivity index (χ4v) is 4.46. The van der Waals surface area contributed by atoms with E-state index in [4.69, 9.17) is 4.74 Å². The summed E-state index contributed by atoms with van der Waals surface area (Å²) in [6.45, 7) is 4.21. The number of ether oxygens (including phenoxy) is 1. The van der Waals surface area contributed by atoms with Crippen LogP contribution in [-0.2, 0) is 29.4 Å². The predicted molar refractivity (Wildman–Crippen MR) is 119 cm³/mol.